The Morgan fingerprint density at radius 3 is 0.808 bits per heavy atom. The van der Waals surface area contributed by atoms with E-state index in [2.05, 4.69) is 187 Å². The standard InChI is InChI=1S/C50H64N2/c1-9-15-17-39-19-27-43(28-20-39)51(44-29-21-40(22-30-44)18-16-10-2)47-35-37-48(38-36-47)52(45-31-23-41(24-32-45)49(7,11-3)12-4)46-33-25-42(26-34-46)50(8,13-5)14-6/h19-38H,9-18H2,1-8H3. The van der Waals surface area contributed by atoms with Gasteiger partial charge in [-0.1, -0.05) is 117 Å². The minimum Gasteiger partial charge on any atom is -0.311 e. The van der Waals surface area contributed by atoms with Crippen molar-refractivity contribution in [1.82, 2.24) is 0 Å². The Hall–Kier alpha value is -4.30. The second-order valence-corrected chi connectivity index (χ2v) is 15.4. The first-order valence-electron chi connectivity index (χ1n) is 20.3. The summed E-state index contributed by atoms with van der Waals surface area (Å²) in [5.74, 6) is 0. The Balaban J connectivity index is 1.56. The van der Waals surface area contributed by atoms with Crippen LogP contribution in [0.3, 0.4) is 0 Å². The molecule has 5 rings (SSSR count). The average Bonchev–Trinajstić information content (AvgIpc) is 3.21. The van der Waals surface area contributed by atoms with Gasteiger partial charge in [0.15, 0.2) is 0 Å². The molecule has 2 nitrogen and oxygen atoms in total. The Bertz CT molecular complexity index is 1660. The number of aryl methyl sites for hydroxylation is 2. The lowest BCUT2D eigenvalue weighted by Gasteiger charge is -2.31. The van der Waals surface area contributed by atoms with Crippen LogP contribution in [-0.4, -0.2) is 0 Å². The van der Waals surface area contributed by atoms with Gasteiger partial charge in [-0.25, -0.2) is 0 Å². The molecule has 0 aliphatic heterocycles. The van der Waals surface area contributed by atoms with Crippen molar-refractivity contribution in [2.75, 3.05) is 9.80 Å². The molecule has 0 atom stereocenters. The van der Waals surface area contributed by atoms with E-state index in [1.807, 2.05) is 0 Å². The van der Waals surface area contributed by atoms with Gasteiger partial charge < -0.3 is 9.80 Å². The number of unbranched alkanes of at least 4 members (excludes halogenated alkanes) is 2. The van der Waals surface area contributed by atoms with Crippen molar-refractivity contribution in [2.24, 2.45) is 0 Å². The van der Waals surface area contributed by atoms with Crippen molar-refractivity contribution in [3.8, 4) is 0 Å². The summed E-state index contributed by atoms with van der Waals surface area (Å²) in [5, 5.41) is 0. The van der Waals surface area contributed by atoms with Gasteiger partial charge in [0.05, 0.1) is 0 Å². The van der Waals surface area contributed by atoms with Crippen LogP contribution in [0.25, 0.3) is 0 Å². The van der Waals surface area contributed by atoms with Crippen molar-refractivity contribution in [1.29, 1.82) is 0 Å². The molecule has 5 aromatic carbocycles. The number of hydrogen-bond acceptors (Lipinski definition) is 2. The van der Waals surface area contributed by atoms with Crippen LogP contribution in [0.1, 0.15) is 129 Å². The molecule has 0 bridgehead atoms. The molecule has 0 radical (unpaired) electrons. The third-order valence-electron chi connectivity index (χ3n) is 12.2. The highest BCUT2D eigenvalue weighted by Crippen LogP contribution is 2.41. The molecule has 0 aliphatic rings. The lowest BCUT2D eigenvalue weighted by molar-refractivity contribution is 0.439. The monoisotopic (exact) mass is 693 g/mol. The predicted molar refractivity (Wildman–Crippen MR) is 229 cm³/mol. The van der Waals surface area contributed by atoms with E-state index in [0.717, 1.165) is 49.9 Å². The summed E-state index contributed by atoms with van der Waals surface area (Å²) in [7, 11) is 0. The van der Waals surface area contributed by atoms with Crippen molar-refractivity contribution >= 4 is 34.1 Å². The van der Waals surface area contributed by atoms with Crippen molar-refractivity contribution < 1.29 is 0 Å². The molecule has 0 saturated carbocycles. The van der Waals surface area contributed by atoms with E-state index < -0.39 is 0 Å². The average molecular weight is 693 g/mol. The van der Waals surface area contributed by atoms with Crippen LogP contribution >= 0.6 is 0 Å². The molecule has 0 heterocycles. The zero-order valence-corrected chi connectivity index (χ0v) is 33.5. The third-order valence-corrected chi connectivity index (χ3v) is 12.2. The molecule has 5 aromatic rings. The minimum atomic E-state index is 0.184. The van der Waals surface area contributed by atoms with Gasteiger partial charge in [0.2, 0.25) is 0 Å². The van der Waals surface area contributed by atoms with E-state index in [9.17, 15) is 0 Å². The van der Waals surface area contributed by atoms with Gasteiger partial charge in [-0.15, -0.1) is 0 Å². The van der Waals surface area contributed by atoms with Crippen LogP contribution in [0, 0.1) is 0 Å². The number of rotatable bonds is 18. The van der Waals surface area contributed by atoms with Crippen LogP contribution in [0.15, 0.2) is 121 Å². The Labute approximate surface area is 316 Å². The molecule has 0 fully saturated rings. The highest BCUT2D eigenvalue weighted by molar-refractivity contribution is 5.81. The topological polar surface area (TPSA) is 6.48 Å². The van der Waals surface area contributed by atoms with E-state index in [0.29, 0.717) is 0 Å². The maximum Gasteiger partial charge on any atom is 0.0463 e. The van der Waals surface area contributed by atoms with Crippen LogP contribution in [0.4, 0.5) is 34.1 Å². The highest BCUT2D eigenvalue weighted by Gasteiger charge is 2.25. The van der Waals surface area contributed by atoms with Gasteiger partial charge in [0.25, 0.3) is 0 Å². The molecular formula is C50H64N2. The summed E-state index contributed by atoms with van der Waals surface area (Å²) < 4.78 is 0. The molecular weight excluding hydrogens is 629 g/mol. The first-order chi connectivity index (χ1) is 25.2. The number of anilines is 6. The Kier molecular flexibility index (Phi) is 13.4. The molecule has 2 heteroatoms. The number of nitrogens with zero attached hydrogens (tertiary/aromatic N) is 2. The second kappa shape index (κ2) is 18.0. The molecule has 52 heavy (non-hydrogen) atoms. The number of benzene rings is 5. The van der Waals surface area contributed by atoms with E-state index in [-0.39, 0.29) is 10.8 Å². The zero-order valence-electron chi connectivity index (χ0n) is 33.5. The Morgan fingerprint density at radius 1 is 0.346 bits per heavy atom. The summed E-state index contributed by atoms with van der Waals surface area (Å²) >= 11 is 0. The third kappa shape index (κ3) is 8.83. The number of hydrogen-bond donors (Lipinski definition) is 0. The van der Waals surface area contributed by atoms with E-state index in [1.54, 1.807) is 0 Å². The molecule has 0 saturated heterocycles. The largest absolute Gasteiger partial charge is 0.311 e. The van der Waals surface area contributed by atoms with Crippen LogP contribution < -0.4 is 9.80 Å². The fraction of sp³-hybridized carbons (Fsp3) is 0.400. The lowest BCUT2D eigenvalue weighted by atomic mass is 9.78. The van der Waals surface area contributed by atoms with Crippen LogP contribution in [0.5, 0.6) is 0 Å². The lowest BCUT2D eigenvalue weighted by Crippen LogP contribution is -2.20. The molecule has 0 aromatic heterocycles. The first-order valence-corrected chi connectivity index (χ1v) is 20.3. The normalized spacial score (nSPS) is 11.8. The van der Waals surface area contributed by atoms with Gasteiger partial charge in [-0.3, -0.25) is 0 Å². The fourth-order valence-electron chi connectivity index (χ4n) is 7.37. The summed E-state index contributed by atoms with van der Waals surface area (Å²) in [4.78, 5) is 4.81. The summed E-state index contributed by atoms with van der Waals surface area (Å²) in [6.07, 6.45) is 11.6. The maximum absolute atomic E-state index is 2.41. The zero-order chi connectivity index (χ0) is 37.1. The molecule has 0 amide bonds. The molecule has 0 N–H and O–H groups in total. The van der Waals surface area contributed by atoms with Gasteiger partial charge in [-0.2, -0.15) is 0 Å². The summed E-state index contributed by atoms with van der Waals surface area (Å²) in [6.45, 7) is 18.5. The quantitative estimate of drug-likeness (QED) is 0.0902. The predicted octanol–water partition coefficient (Wildman–Crippen LogP) is 15.5. The summed E-state index contributed by atoms with van der Waals surface area (Å²) in [5.41, 5.74) is 13.0. The SMILES string of the molecule is CCCCc1ccc(N(c2ccc(CCCC)cc2)c2ccc(N(c3ccc(C(C)(CC)CC)cc3)c3ccc(C(C)(CC)CC)cc3)cc2)cc1. The first kappa shape index (κ1) is 38.9. The second-order valence-electron chi connectivity index (χ2n) is 15.4. The fourth-order valence-corrected chi connectivity index (χ4v) is 7.37. The molecule has 0 spiro atoms. The molecule has 274 valence electrons. The minimum absolute atomic E-state index is 0.184. The van der Waals surface area contributed by atoms with Crippen LogP contribution in [0.2, 0.25) is 0 Å². The maximum atomic E-state index is 2.41. The van der Waals surface area contributed by atoms with Crippen molar-refractivity contribution in [3.05, 3.63) is 144 Å². The van der Waals surface area contributed by atoms with E-state index in [4.69, 9.17) is 0 Å². The van der Waals surface area contributed by atoms with Crippen LogP contribution in [-0.2, 0) is 23.7 Å². The van der Waals surface area contributed by atoms with Gasteiger partial charge in [0.1, 0.15) is 0 Å². The van der Waals surface area contributed by atoms with E-state index >= 15 is 0 Å². The van der Waals surface area contributed by atoms with Gasteiger partial charge >= 0.3 is 0 Å². The van der Waals surface area contributed by atoms with Gasteiger partial charge in [-0.05, 0) is 157 Å². The van der Waals surface area contributed by atoms with Crippen molar-refractivity contribution in [3.63, 3.8) is 0 Å². The highest BCUT2D eigenvalue weighted by atomic mass is 15.2. The summed E-state index contributed by atoms with van der Waals surface area (Å²) in [6, 6.07) is 46.2. The van der Waals surface area contributed by atoms with Gasteiger partial charge in [0, 0.05) is 34.1 Å². The smallest absolute Gasteiger partial charge is 0.0463 e. The molecule has 0 unspecified atom stereocenters. The van der Waals surface area contributed by atoms with Crippen molar-refractivity contribution in [2.45, 2.75) is 130 Å². The Morgan fingerprint density at radius 2 is 0.577 bits per heavy atom. The molecule has 0 aliphatic carbocycles. The van der Waals surface area contributed by atoms with E-state index in [1.165, 1.54) is 70.7 Å².